The van der Waals surface area contributed by atoms with Gasteiger partial charge in [-0.3, -0.25) is 14.4 Å². The van der Waals surface area contributed by atoms with Crippen LogP contribution in [0.2, 0.25) is 5.02 Å². The van der Waals surface area contributed by atoms with Crippen LogP contribution in [-0.2, 0) is 20.8 Å². The number of anilines is 1. The molecule has 0 aromatic heterocycles. The number of nitrogens with zero attached hydrogens (tertiary/aromatic N) is 1. The van der Waals surface area contributed by atoms with Gasteiger partial charge in [-0.1, -0.05) is 35.9 Å². The molecule has 2 aromatic carbocycles. The first-order chi connectivity index (χ1) is 12.8. The lowest BCUT2D eigenvalue weighted by Gasteiger charge is -2.25. The third kappa shape index (κ3) is 4.28. The number of likely N-dealkylation sites (tertiary alicyclic amines) is 1. The zero-order chi connectivity index (χ0) is 19.6. The van der Waals surface area contributed by atoms with Gasteiger partial charge in [0.25, 0.3) is 0 Å². The number of hydrogen-bond donors (Lipinski definition) is 2. The molecule has 0 saturated carbocycles. The Hall–Kier alpha value is -2.86. The van der Waals surface area contributed by atoms with Crippen molar-refractivity contribution in [2.24, 2.45) is 5.92 Å². The molecule has 1 saturated heterocycles. The number of nitrogens with one attached hydrogen (secondary N) is 1. The summed E-state index contributed by atoms with van der Waals surface area (Å²) >= 11 is 6.07. The van der Waals surface area contributed by atoms with Crippen LogP contribution in [0.3, 0.4) is 0 Å². The topological polar surface area (TPSA) is 86.7 Å². The highest BCUT2D eigenvalue weighted by Gasteiger charge is 2.42. The van der Waals surface area contributed by atoms with Crippen LogP contribution in [0, 0.1) is 5.92 Å². The summed E-state index contributed by atoms with van der Waals surface area (Å²) < 4.78 is 0. The average molecular weight is 387 g/mol. The Morgan fingerprint density at radius 1 is 1.22 bits per heavy atom. The molecular weight excluding hydrogens is 368 g/mol. The van der Waals surface area contributed by atoms with Crippen LogP contribution in [0.1, 0.15) is 23.6 Å². The number of carbonyl (C=O) groups excluding carboxylic acids is 2. The number of rotatable bonds is 5. The minimum absolute atomic E-state index is 0.105. The normalized spacial score (nSPS) is 19.2. The SMILES string of the molecule is CN1C(=O)CC(C(=O)Nc2cccc(CC(=O)O)c2)C1c1cccc(Cl)c1. The summed E-state index contributed by atoms with van der Waals surface area (Å²) in [5, 5.41) is 12.3. The van der Waals surface area contributed by atoms with Gasteiger partial charge in [-0.25, -0.2) is 0 Å². The Kier molecular flexibility index (Phi) is 5.46. The van der Waals surface area contributed by atoms with Crippen LogP contribution in [0.4, 0.5) is 5.69 Å². The van der Waals surface area contributed by atoms with Crippen LogP contribution in [-0.4, -0.2) is 34.8 Å². The first-order valence-electron chi connectivity index (χ1n) is 8.48. The van der Waals surface area contributed by atoms with Crippen LogP contribution in [0.5, 0.6) is 0 Å². The van der Waals surface area contributed by atoms with E-state index < -0.39 is 17.9 Å². The van der Waals surface area contributed by atoms with E-state index in [0.717, 1.165) is 5.56 Å². The lowest BCUT2D eigenvalue weighted by molar-refractivity contribution is -0.136. The van der Waals surface area contributed by atoms with Crippen molar-refractivity contribution in [3.63, 3.8) is 0 Å². The summed E-state index contributed by atoms with van der Waals surface area (Å²) in [7, 11) is 1.68. The molecule has 1 aliphatic rings. The Balaban J connectivity index is 1.82. The molecule has 2 unspecified atom stereocenters. The van der Waals surface area contributed by atoms with E-state index in [4.69, 9.17) is 16.7 Å². The fraction of sp³-hybridized carbons (Fsp3) is 0.250. The van der Waals surface area contributed by atoms with Crippen molar-refractivity contribution in [1.29, 1.82) is 0 Å². The maximum absolute atomic E-state index is 12.9. The Labute approximate surface area is 161 Å². The largest absolute Gasteiger partial charge is 0.481 e. The number of benzene rings is 2. The Morgan fingerprint density at radius 3 is 2.67 bits per heavy atom. The smallest absolute Gasteiger partial charge is 0.307 e. The molecule has 3 rings (SSSR count). The van der Waals surface area contributed by atoms with Crippen LogP contribution in [0.15, 0.2) is 48.5 Å². The van der Waals surface area contributed by atoms with E-state index in [1.807, 2.05) is 6.07 Å². The van der Waals surface area contributed by atoms with Gasteiger partial charge in [0.05, 0.1) is 18.4 Å². The summed E-state index contributed by atoms with van der Waals surface area (Å²) in [6.07, 6.45) is -0.0200. The average Bonchev–Trinajstić information content (AvgIpc) is 2.90. The standard InChI is InChI=1S/C20H19ClN2O4/c1-23-17(24)11-16(19(23)13-5-3-6-14(21)10-13)20(27)22-15-7-2-4-12(8-15)9-18(25)26/h2-8,10,16,19H,9,11H2,1H3,(H,22,27)(H,25,26). The molecule has 2 N–H and O–H groups in total. The van der Waals surface area contributed by atoms with Gasteiger partial charge >= 0.3 is 5.97 Å². The lowest BCUT2D eigenvalue weighted by atomic mass is 9.93. The minimum atomic E-state index is -0.942. The quantitative estimate of drug-likeness (QED) is 0.826. The van der Waals surface area contributed by atoms with Crippen LogP contribution in [0.25, 0.3) is 0 Å². The number of carboxylic acids is 1. The van der Waals surface area contributed by atoms with Crippen molar-refractivity contribution in [2.45, 2.75) is 18.9 Å². The third-order valence-electron chi connectivity index (χ3n) is 4.66. The van der Waals surface area contributed by atoms with E-state index in [9.17, 15) is 14.4 Å². The van der Waals surface area contributed by atoms with E-state index in [0.29, 0.717) is 16.3 Å². The number of hydrogen-bond acceptors (Lipinski definition) is 3. The molecule has 1 fully saturated rings. The molecule has 0 spiro atoms. The highest BCUT2D eigenvalue weighted by molar-refractivity contribution is 6.30. The number of amides is 2. The summed E-state index contributed by atoms with van der Waals surface area (Å²) in [6, 6.07) is 13.4. The van der Waals surface area contributed by atoms with E-state index in [2.05, 4.69) is 5.32 Å². The second-order valence-electron chi connectivity index (χ2n) is 6.58. The third-order valence-corrected chi connectivity index (χ3v) is 4.90. The molecule has 2 amide bonds. The molecule has 0 aliphatic carbocycles. The van der Waals surface area contributed by atoms with Gasteiger partial charge < -0.3 is 15.3 Å². The number of aliphatic carboxylic acids is 1. The molecule has 140 valence electrons. The Bertz CT molecular complexity index is 899. The van der Waals surface area contributed by atoms with Crippen molar-refractivity contribution >= 4 is 35.1 Å². The van der Waals surface area contributed by atoms with Crippen molar-refractivity contribution in [1.82, 2.24) is 4.90 Å². The fourth-order valence-corrected chi connectivity index (χ4v) is 3.62. The number of carboxylic acid groups (broad SMARTS) is 1. The molecule has 0 bridgehead atoms. The predicted molar refractivity (Wildman–Crippen MR) is 101 cm³/mol. The van der Waals surface area contributed by atoms with Gasteiger partial charge in [0.2, 0.25) is 11.8 Å². The monoisotopic (exact) mass is 386 g/mol. The van der Waals surface area contributed by atoms with Gasteiger partial charge in [-0.05, 0) is 35.4 Å². The van der Waals surface area contributed by atoms with Gasteiger partial charge in [0.1, 0.15) is 0 Å². The van der Waals surface area contributed by atoms with Crippen molar-refractivity contribution < 1.29 is 19.5 Å². The predicted octanol–water partition coefficient (Wildman–Crippen LogP) is 3.13. The summed E-state index contributed by atoms with van der Waals surface area (Å²) in [6.45, 7) is 0. The van der Waals surface area contributed by atoms with Gasteiger partial charge in [0, 0.05) is 24.2 Å². The van der Waals surface area contributed by atoms with Gasteiger partial charge in [-0.2, -0.15) is 0 Å². The van der Waals surface area contributed by atoms with E-state index >= 15 is 0 Å². The molecule has 7 heteroatoms. The minimum Gasteiger partial charge on any atom is -0.481 e. The highest BCUT2D eigenvalue weighted by Crippen LogP contribution is 2.38. The number of halogens is 1. The van der Waals surface area contributed by atoms with E-state index in [1.54, 1.807) is 54.4 Å². The second kappa shape index (κ2) is 7.80. The van der Waals surface area contributed by atoms with E-state index in [-0.39, 0.29) is 24.7 Å². The molecule has 1 heterocycles. The first-order valence-corrected chi connectivity index (χ1v) is 8.85. The number of carbonyl (C=O) groups is 3. The zero-order valence-electron chi connectivity index (χ0n) is 14.7. The van der Waals surface area contributed by atoms with Crippen molar-refractivity contribution in [3.05, 3.63) is 64.7 Å². The van der Waals surface area contributed by atoms with Crippen LogP contribution < -0.4 is 5.32 Å². The second-order valence-corrected chi connectivity index (χ2v) is 7.01. The maximum Gasteiger partial charge on any atom is 0.307 e. The van der Waals surface area contributed by atoms with Gasteiger partial charge in [-0.15, -0.1) is 0 Å². The lowest BCUT2D eigenvalue weighted by Crippen LogP contribution is -2.30. The fourth-order valence-electron chi connectivity index (χ4n) is 3.42. The molecule has 0 radical (unpaired) electrons. The van der Waals surface area contributed by atoms with Crippen LogP contribution >= 0.6 is 11.6 Å². The molecule has 1 aliphatic heterocycles. The van der Waals surface area contributed by atoms with E-state index in [1.165, 1.54) is 0 Å². The maximum atomic E-state index is 12.9. The summed E-state index contributed by atoms with van der Waals surface area (Å²) in [5.74, 6) is -1.91. The molecule has 6 nitrogen and oxygen atoms in total. The summed E-state index contributed by atoms with van der Waals surface area (Å²) in [5.41, 5.74) is 1.90. The van der Waals surface area contributed by atoms with Gasteiger partial charge in [0.15, 0.2) is 0 Å². The zero-order valence-corrected chi connectivity index (χ0v) is 15.4. The summed E-state index contributed by atoms with van der Waals surface area (Å²) in [4.78, 5) is 37.5. The molecule has 2 aromatic rings. The molecule has 2 atom stereocenters. The van der Waals surface area contributed by atoms with Crippen molar-refractivity contribution in [2.75, 3.05) is 12.4 Å². The molecule has 27 heavy (non-hydrogen) atoms. The highest BCUT2D eigenvalue weighted by atomic mass is 35.5. The first kappa shape index (κ1) is 18.9. The molecular formula is C20H19ClN2O4. The van der Waals surface area contributed by atoms with Crippen molar-refractivity contribution in [3.8, 4) is 0 Å². The Morgan fingerprint density at radius 2 is 1.96 bits per heavy atom.